The normalized spacial score (nSPS) is 22.3. The molecule has 7 heteroatoms. The van der Waals surface area contributed by atoms with Crippen molar-refractivity contribution in [3.8, 4) is 0 Å². The van der Waals surface area contributed by atoms with E-state index in [0.29, 0.717) is 31.3 Å². The van der Waals surface area contributed by atoms with E-state index < -0.39 is 12.2 Å². The first-order valence-electron chi connectivity index (χ1n) is 6.86. The third-order valence-electron chi connectivity index (χ3n) is 3.17. The quantitative estimate of drug-likeness (QED) is 0.676. The lowest BCUT2D eigenvalue weighted by atomic mass is 10.3. The van der Waals surface area contributed by atoms with Crippen LogP contribution in [0.2, 0.25) is 0 Å². The van der Waals surface area contributed by atoms with Crippen LogP contribution in [-0.2, 0) is 11.3 Å². The molecule has 20 heavy (non-hydrogen) atoms. The standard InChI is InChI=1S/C13H22N4O3/c1-3-4-14-11-5-13(16-12(15-11)8-20-2)17-6-9(18)10(19)7-17/h5,9-10,18-19H,3-4,6-8H2,1-2H3,(H,14,15,16). The summed E-state index contributed by atoms with van der Waals surface area (Å²) in [5.74, 6) is 2.01. The van der Waals surface area contributed by atoms with Crippen LogP contribution >= 0.6 is 0 Å². The van der Waals surface area contributed by atoms with Crippen molar-refractivity contribution < 1.29 is 14.9 Å². The number of rotatable bonds is 6. The van der Waals surface area contributed by atoms with Crippen LogP contribution in [0.4, 0.5) is 11.6 Å². The van der Waals surface area contributed by atoms with E-state index in [1.165, 1.54) is 0 Å². The zero-order valence-corrected chi connectivity index (χ0v) is 11.9. The number of β-amino-alcohol motifs (C(OH)–C–C–N with tert-alkyl or cyclic N) is 2. The third-order valence-corrected chi connectivity index (χ3v) is 3.17. The predicted octanol–water partition coefficient (Wildman–Crippen LogP) is -0.0133. The van der Waals surface area contributed by atoms with E-state index >= 15 is 0 Å². The van der Waals surface area contributed by atoms with Gasteiger partial charge >= 0.3 is 0 Å². The largest absolute Gasteiger partial charge is 0.389 e. The average molecular weight is 282 g/mol. The molecule has 1 aliphatic heterocycles. The Hall–Kier alpha value is -1.44. The maximum atomic E-state index is 9.64. The smallest absolute Gasteiger partial charge is 0.158 e. The number of nitrogens with one attached hydrogen (secondary N) is 1. The highest BCUT2D eigenvalue weighted by molar-refractivity contribution is 5.50. The fourth-order valence-electron chi connectivity index (χ4n) is 2.14. The second-order valence-corrected chi connectivity index (χ2v) is 4.93. The Bertz CT molecular complexity index is 434. The summed E-state index contributed by atoms with van der Waals surface area (Å²) in [6, 6.07) is 1.83. The molecule has 2 atom stereocenters. The molecular weight excluding hydrogens is 260 g/mol. The molecule has 3 N–H and O–H groups in total. The van der Waals surface area contributed by atoms with Gasteiger partial charge in [0, 0.05) is 32.8 Å². The summed E-state index contributed by atoms with van der Waals surface area (Å²) in [6.45, 7) is 3.98. The zero-order valence-electron chi connectivity index (χ0n) is 11.9. The van der Waals surface area contributed by atoms with Gasteiger partial charge in [-0.2, -0.15) is 0 Å². The Balaban J connectivity index is 2.20. The van der Waals surface area contributed by atoms with Crippen LogP contribution in [-0.4, -0.2) is 59.1 Å². The number of nitrogens with zero attached hydrogens (tertiary/aromatic N) is 3. The topological polar surface area (TPSA) is 90.7 Å². The van der Waals surface area contributed by atoms with Gasteiger partial charge in [0.2, 0.25) is 0 Å². The van der Waals surface area contributed by atoms with Crippen molar-refractivity contribution in [2.45, 2.75) is 32.2 Å². The van der Waals surface area contributed by atoms with Gasteiger partial charge in [-0.15, -0.1) is 0 Å². The second-order valence-electron chi connectivity index (χ2n) is 4.93. The second kappa shape index (κ2) is 6.83. The summed E-state index contributed by atoms with van der Waals surface area (Å²) in [5.41, 5.74) is 0. The highest BCUT2D eigenvalue weighted by Gasteiger charge is 2.30. The molecule has 0 bridgehead atoms. The number of aliphatic hydroxyl groups is 2. The highest BCUT2D eigenvalue weighted by atomic mass is 16.5. The van der Waals surface area contributed by atoms with Crippen LogP contribution in [0.15, 0.2) is 6.07 Å². The molecule has 0 spiro atoms. The van der Waals surface area contributed by atoms with E-state index in [4.69, 9.17) is 4.74 Å². The lowest BCUT2D eigenvalue weighted by molar-refractivity contribution is 0.0572. The van der Waals surface area contributed by atoms with Crippen molar-refractivity contribution in [1.29, 1.82) is 0 Å². The summed E-state index contributed by atoms with van der Waals surface area (Å²) in [4.78, 5) is 10.6. The molecule has 0 aliphatic carbocycles. The first kappa shape index (κ1) is 15.0. The van der Waals surface area contributed by atoms with Crippen LogP contribution in [0, 0.1) is 0 Å². The monoisotopic (exact) mass is 282 g/mol. The predicted molar refractivity (Wildman–Crippen MR) is 75.8 cm³/mol. The first-order chi connectivity index (χ1) is 9.63. The third kappa shape index (κ3) is 3.56. The van der Waals surface area contributed by atoms with Crippen molar-refractivity contribution in [3.63, 3.8) is 0 Å². The Morgan fingerprint density at radius 2 is 2.05 bits per heavy atom. The number of hydrogen-bond acceptors (Lipinski definition) is 7. The highest BCUT2D eigenvalue weighted by Crippen LogP contribution is 2.21. The first-order valence-corrected chi connectivity index (χ1v) is 6.86. The number of hydrogen-bond donors (Lipinski definition) is 3. The average Bonchev–Trinajstić information content (AvgIpc) is 2.77. The van der Waals surface area contributed by atoms with E-state index in [-0.39, 0.29) is 0 Å². The van der Waals surface area contributed by atoms with Crippen LogP contribution in [0.5, 0.6) is 0 Å². The molecule has 0 aromatic carbocycles. The number of anilines is 2. The van der Waals surface area contributed by atoms with E-state index in [9.17, 15) is 10.2 Å². The fraction of sp³-hybridized carbons (Fsp3) is 0.692. The van der Waals surface area contributed by atoms with E-state index in [1.807, 2.05) is 11.0 Å². The number of aliphatic hydroxyl groups excluding tert-OH is 2. The number of ether oxygens (including phenoxy) is 1. The van der Waals surface area contributed by atoms with Crippen molar-refractivity contribution >= 4 is 11.6 Å². The Labute approximate surface area is 118 Å². The van der Waals surface area contributed by atoms with E-state index in [2.05, 4.69) is 22.2 Å². The molecule has 1 aromatic heterocycles. The summed E-state index contributed by atoms with van der Waals surface area (Å²) in [6.07, 6.45) is -0.467. The summed E-state index contributed by atoms with van der Waals surface area (Å²) in [5, 5.41) is 22.5. The molecule has 1 aromatic rings. The van der Waals surface area contributed by atoms with Gasteiger partial charge in [0.15, 0.2) is 5.82 Å². The molecule has 0 saturated carbocycles. The van der Waals surface area contributed by atoms with Crippen LogP contribution in [0.25, 0.3) is 0 Å². The maximum Gasteiger partial charge on any atom is 0.158 e. The molecule has 1 saturated heterocycles. The summed E-state index contributed by atoms with van der Waals surface area (Å²) >= 11 is 0. The molecule has 2 heterocycles. The Morgan fingerprint density at radius 1 is 1.35 bits per heavy atom. The zero-order chi connectivity index (χ0) is 14.5. The Kier molecular flexibility index (Phi) is 5.11. The van der Waals surface area contributed by atoms with Gasteiger partial charge < -0.3 is 25.2 Å². The molecular formula is C13H22N4O3. The molecule has 112 valence electrons. The molecule has 1 aliphatic rings. The van der Waals surface area contributed by atoms with Crippen molar-refractivity contribution in [2.24, 2.45) is 0 Å². The van der Waals surface area contributed by atoms with Crippen molar-refractivity contribution in [2.75, 3.05) is 37.0 Å². The fourth-order valence-corrected chi connectivity index (χ4v) is 2.14. The summed E-state index contributed by atoms with van der Waals surface area (Å²) < 4.78 is 5.08. The van der Waals surface area contributed by atoms with Crippen LogP contribution in [0.3, 0.4) is 0 Å². The molecule has 2 unspecified atom stereocenters. The minimum absolute atomic E-state index is 0.327. The molecule has 7 nitrogen and oxygen atoms in total. The maximum absolute atomic E-state index is 9.64. The van der Waals surface area contributed by atoms with Crippen molar-refractivity contribution in [3.05, 3.63) is 11.9 Å². The lowest BCUT2D eigenvalue weighted by Gasteiger charge is -2.18. The molecule has 0 radical (unpaired) electrons. The number of methoxy groups -OCH3 is 1. The van der Waals surface area contributed by atoms with Crippen LogP contribution in [0.1, 0.15) is 19.2 Å². The molecule has 1 fully saturated rings. The lowest BCUT2D eigenvalue weighted by Crippen LogP contribution is -2.23. The summed E-state index contributed by atoms with van der Waals surface area (Å²) in [7, 11) is 1.60. The molecule has 2 rings (SSSR count). The molecule has 0 amide bonds. The van der Waals surface area contributed by atoms with Gasteiger partial charge in [-0.3, -0.25) is 0 Å². The van der Waals surface area contributed by atoms with Gasteiger partial charge in [-0.25, -0.2) is 9.97 Å². The van der Waals surface area contributed by atoms with E-state index in [0.717, 1.165) is 18.8 Å². The van der Waals surface area contributed by atoms with Gasteiger partial charge in [0.05, 0.1) is 12.2 Å². The van der Waals surface area contributed by atoms with Gasteiger partial charge in [-0.05, 0) is 6.42 Å². The minimum atomic E-state index is -0.733. The van der Waals surface area contributed by atoms with Crippen molar-refractivity contribution in [1.82, 2.24) is 9.97 Å². The number of aromatic nitrogens is 2. The van der Waals surface area contributed by atoms with E-state index in [1.54, 1.807) is 7.11 Å². The van der Waals surface area contributed by atoms with Crippen LogP contribution < -0.4 is 10.2 Å². The SMILES string of the molecule is CCCNc1cc(N2CC(O)C(O)C2)nc(COC)n1. The minimum Gasteiger partial charge on any atom is -0.389 e. The Morgan fingerprint density at radius 3 is 2.65 bits per heavy atom. The van der Waals surface area contributed by atoms with Gasteiger partial charge in [0.25, 0.3) is 0 Å². The van der Waals surface area contributed by atoms with Gasteiger partial charge in [0.1, 0.15) is 18.2 Å². The van der Waals surface area contributed by atoms with Gasteiger partial charge in [-0.1, -0.05) is 6.92 Å².